The number of ether oxygens (including phenoxy) is 2. The van der Waals surface area contributed by atoms with Crippen molar-refractivity contribution in [3.63, 3.8) is 0 Å². The first-order valence-corrected chi connectivity index (χ1v) is 6.35. The molecular weight excluding hydrogens is 214 g/mol. The average molecular weight is 235 g/mol. The van der Waals surface area contributed by atoms with E-state index in [1.165, 1.54) is 0 Å². The number of piperidine rings is 1. The average Bonchev–Trinajstić information content (AvgIpc) is 2.32. The van der Waals surface area contributed by atoms with Gasteiger partial charge in [-0.2, -0.15) is 0 Å². The zero-order valence-corrected chi connectivity index (χ0v) is 10.7. The van der Waals surface area contributed by atoms with Crippen LogP contribution in [0.5, 0.6) is 11.5 Å². The summed E-state index contributed by atoms with van der Waals surface area (Å²) in [6.07, 6.45) is 2.07. The Bertz CT molecular complexity index is 359. The van der Waals surface area contributed by atoms with Gasteiger partial charge < -0.3 is 14.8 Å². The summed E-state index contributed by atoms with van der Waals surface area (Å²) in [5, 5.41) is 3.35. The third kappa shape index (κ3) is 3.13. The molecule has 0 amide bonds. The minimum Gasteiger partial charge on any atom is -0.490 e. The summed E-state index contributed by atoms with van der Waals surface area (Å²) in [5.74, 6) is 1.70. The van der Waals surface area contributed by atoms with E-state index in [0.717, 1.165) is 37.4 Å². The number of hydrogen-bond acceptors (Lipinski definition) is 3. The van der Waals surface area contributed by atoms with Gasteiger partial charge in [0, 0.05) is 0 Å². The van der Waals surface area contributed by atoms with Crippen LogP contribution in [0.4, 0.5) is 0 Å². The van der Waals surface area contributed by atoms with E-state index in [1.807, 2.05) is 31.2 Å². The molecule has 2 rings (SSSR count). The Kier molecular flexibility index (Phi) is 3.89. The smallest absolute Gasteiger partial charge is 0.161 e. The van der Waals surface area contributed by atoms with Crippen LogP contribution < -0.4 is 14.8 Å². The molecule has 1 heterocycles. The molecule has 0 atom stereocenters. The molecule has 17 heavy (non-hydrogen) atoms. The quantitative estimate of drug-likeness (QED) is 0.870. The zero-order valence-electron chi connectivity index (χ0n) is 10.7. The lowest BCUT2D eigenvalue weighted by atomic mass is 9.94. The molecule has 0 unspecified atom stereocenters. The van der Waals surface area contributed by atoms with Gasteiger partial charge in [0.25, 0.3) is 0 Å². The van der Waals surface area contributed by atoms with Crippen molar-refractivity contribution in [2.75, 3.05) is 19.7 Å². The topological polar surface area (TPSA) is 30.5 Å². The fourth-order valence-corrected chi connectivity index (χ4v) is 2.13. The Labute approximate surface area is 103 Å². The number of rotatable bonds is 4. The number of para-hydroxylation sites is 2. The molecule has 1 aliphatic rings. The minimum atomic E-state index is -0.0710. The van der Waals surface area contributed by atoms with Crippen LogP contribution >= 0.6 is 0 Å². The molecule has 3 nitrogen and oxygen atoms in total. The number of benzene rings is 1. The van der Waals surface area contributed by atoms with E-state index in [-0.39, 0.29) is 5.60 Å². The van der Waals surface area contributed by atoms with Gasteiger partial charge in [0.15, 0.2) is 11.5 Å². The molecule has 1 N–H and O–H groups in total. The van der Waals surface area contributed by atoms with Gasteiger partial charge in [-0.25, -0.2) is 0 Å². The van der Waals surface area contributed by atoms with Crippen molar-refractivity contribution >= 4 is 0 Å². The molecule has 0 bridgehead atoms. The maximum atomic E-state index is 6.16. The largest absolute Gasteiger partial charge is 0.490 e. The molecule has 1 aliphatic heterocycles. The maximum absolute atomic E-state index is 6.16. The first kappa shape index (κ1) is 12.2. The van der Waals surface area contributed by atoms with Gasteiger partial charge in [-0.15, -0.1) is 0 Å². The van der Waals surface area contributed by atoms with Gasteiger partial charge in [-0.05, 0) is 51.9 Å². The van der Waals surface area contributed by atoms with Crippen LogP contribution in [-0.2, 0) is 0 Å². The normalized spacial score (nSPS) is 18.7. The predicted octanol–water partition coefficient (Wildman–Crippen LogP) is 2.61. The van der Waals surface area contributed by atoms with Gasteiger partial charge in [0.1, 0.15) is 5.60 Å². The molecule has 3 heteroatoms. The highest BCUT2D eigenvalue weighted by Gasteiger charge is 2.29. The summed E-state index contributed by atoms with van der Waals surface area (Å²) in [6, 6.07) is 7.91. The van der Waals surface area contributed by atoms with Crippen molar-refractivity contribution < 1.29 is 9.47 Å². The lowest BCUT2D eigenvalue weighted by Gasteiger charge is -2.35. The van der Waals surface area contributed by atoms with E-state index in [0.29, 0.717) is 6.61 Å². The zero-order chi connectivity index (χ0) is 12.1. The Balaban J connectivity index is 2.11. The molecule has 1 fully saturated rings. The lowest BCUT2D eigenvalue weighted by molar-refractivity contribution is 0.0520. The molecule has 0 radical (unpaired) electrons. The van der Waals surface area contributed by atoms with Crippen LogP contribution in [0.1, 0.15) is 26.7 Å². The van der Waals surface area contributed by atoms with Crippen LogP contribution in [0.2, 0.25) is 0 Å². The van der Waals surface area contributed by atoms with Crippen molar-refractivity contribution in [3.8, 4) is 11.5 Å². The van der Waals surface area contributed by atoms with Crippen molar-refractivity contribution in [1.29, 1.82) is 0 Å². The highest BCUT2D eigenvalue weighted by atomic mass is 16.5. The maximum Gasteiger partial charge on any atom is 0.161 e. The minimum absolute atomic E-state index is 0.0710. The highest BCUT2D eigenvalue weighted by Crippen LogP contribution is 2.33. The van der Waals surface area contributed by atoms with Crippen LogP contribution in [0.15, 0.2) is 24.3 Å². The molecule has 1 aromatic rings. The first-order valence-electron chi connectivity index (χ1n) is 6.35. The Morgan fingerprint density at radius 1 is 1.18 bits per heavy atom. The molecular formula is C14H21NO2. The van der Waals surface area contributed by atoms with Gasteiger partial charge in [0.05, 0.1) is 6.61 Å². The monoisotopic (exact) mass is 235 g/mol. The summed E-state index contributed by atoms with van der Waals surface area (Å²) in [4.78, 5) is 0. The standard InChI is InChI=1S/C14H21NO2/c1-3-16-12-6-4-5-7-13(12)17-14(2)8-10-15-11-9-14/h4-7,15H,3,8-11H2,1-2H3. The number of nitrogens with one attached hydrogen (secondary N) is 1. The van der Waals surface area contributed by atoms with Crippen LogP contribution in [0, 0.1) is 0 Å². The van der Waals surface area contributed by atoms with E-state index in [1.54, 1.807) is 0 Å². The molecule has 94 valence electrons. The van der Waals surface area contributed by atoms with Crippen LogP contribution in [0.3, 0.4) is 0 Å². The van der Waals surface area contributed by atoms with Crippen LogP contribution in [0.25, 0.3) is 0 Å². The molecule has 0 saturated carbocycles. The third-order valence-electron chi connectivity index (χ3n) is 3.17. The van der Waals surface area contributed by atoms with Gasteiger partial charge >= 0.3 is 0 Å². The lowest BCUT2D eigenvalue weighted by Crippen LogP contribution is -2.43. The summed E-state index contributed by atoms with van der Waals surface area (Å²) in [5.41, 5.74) is -0.0710. The van der Waals surface area contributed by atoms with Crippen molar-refractivity contribution in [1.82, 2.24) is 5.32 Å². The van der Waals surface area contributed by atoms with Crippen LogP contribution in [-0.4, -0.2) is 25.3 Å². The Morgan fingerprint density at radius 2 is 1.82 bits per heavy atom. The Hall–Kier alpha value is -1.22. The summed E-state index contributed by atoms with van der Waals surface area (Å²) < 4.78 is 11.7. The second-order valence-electron chi connectivity index (χ2n) is 4.68. The van der Waals surface area contributed by atoms with E-state index in [4.69, 9.17) is 9.47 Å². The van der Waals surface area contributed by atoms with Crippen molar-refractivity contribution in [2.45, 2.75) is 32.3 Å². The fourth-order valence-electron chi connectivity index (χ4n) is 2.13. The number of hydrogen-bond donors (Lipinski definition) is 1. The van der Waals surface area contributed by atoms with Gasteiger partial charge in [-0.1, -0.05) is 12.1 Å². The molecule has 0 aliphatic carbocycles. The molecule has 1 aromatic carbocycles. The van der Waals surface area contributed by atoms with Crippen molar-refractivity contribution in [2.24, 2.45) is 0 Å². The third-order valence-corrected chi connectivity index (χ3v) is 3.17. The summed E-state index contributed by atoms with van der Waals surface area (Å²) >= 11 is 0. The Morgan fingerprint density at radius 3 is 2.47 bits per heavy atom. The van der Waals surface area contributed by atoms with Gasteiger partial charge in [0.2, 0.25) is 0 Å². The second-order valence-corrected chi connectivity index (χ2v) is 4.68. The summed E-state index contributed by atoms with van der Waals surface area (Å²) in [6.45, 7) is 6.87. The molecule has 1 saturated heterocycles. The van der Waals surface area contributed by atoms with E-state index in [2.05, 4.69) is 12.2 Å². The van der Waals surface area contributed by atoms with E-state index in [9.17, 15) is 0 Å². The first-order chi connectivity index (χ1) is 8.23. The van der Waals surface area contributed by atoms with Crippen molar-refractivity contribution in [3.05, 3.63) is 24.3 Å². The van der Waals surface area contributed by atoms with Gasteiger partial charge in [-0.3, -0.25) is 0 Å². The second kappa shape index (κ2) is 5.41. The summed E-state index contributed by atoms with van der Waals surface area (Å²) in [7, 11) is 0. The fraction of sp³-hybridized carbons (Fsp3) is 0.571. The highest BCUT2D eigenvalue weighted by molar-refractivity contribution is 5.39. The van der Waals surface area contributed by atoms with E-state index < -0.39 is 0 Å². The SMILES string of the molecule is CCOc1ccccc1OC1(C)CCNCC1. The molecule has 0 aromatic heterocycles. The molecule has 0 spiro atoms. The van der Waals surface area contributed by atoms with E-state index >= 15 is 0 Å². The predicted molar refractivity (Wildman–Crippen MR) is 68.7 cm³/mol.